The predicted molar refractivity (Wildman–Crippen MR) is 148 cm³/mol. The SMILES string of the molecule is CN1CCN(C(=O)[C@H](CCCN[C@@H]2C[C@H]2c2ccc(F)cc2)NC(=O)c2ccc(-c3cccnn3)cc2)CC1. The van der Waals surface area contributed by atoms with Crippen LogP contribution in [0.15, 0.2) is 66.9 Å². The molecule has 0 radical (unpaired) electrons. The summed E-state index contributed by atoms with van der Waals surface area (Å²) in [4.78, 5) is 30.7. The zero-order valence-electron chi connectivity index (χ0n) is 22.2. The van der Waals surface area contributed by atoms with E-state index in [-0.39, 0.29) is 17.6 Å². The van der Waals surface area contributed by atoms with Crippen LogP contribution in [0, 0.1) is 5.82 Å². The fourth-order valence-electron chi connectivity index (χ4n) is 5.09. The smallest absolute Gasteiger partial charge is 0.251 e. The average molecular weight is 531 g/mol. The largest absolute Gasteiger partial charge is 0.340 e. The van der Waals surface area contributed by atoms with Crippen molar-refractivity contribution >= 4 is 11.8 Å². The Balaban J connectivity index is 1.17. The highest BCUT2D eigenvalue weighted by Crippen LogP contribution is 2.40. The maximum absolute atomic E-state index is 13.4. The van der Waals surface area contributed by atoms with E-state index in [1.807, 2.05) is 41.3 Å². The molecule has 2 aromatic carbocycles. The van der Waals surface area contributed by atoms with E-state index in [0.717, 1.165) is 49.3 Å². The summed E-state index contributed by atoms with van der Waals surface area (Å²) in [7, 11) is 2.05. The third-order valence-electron chi connectivity index (χ3n) is 7.60. The summed E-state index contributed by atoms with van der Waals surface area (Å²) in [5, 5.41) is 14.6. The van der Waals surface area contributed by atoms with Crippen molar-refractivity contribution in [3.63, 3.8) is 0 Å². The zero-order chi connectivity index (χ0) is 27.2. The fourth-order valence-corrected chi connectivity index (χ4v) is 5.09. The lowest BCUT2D eigenvalue weighted by atomic mass is 10.1. The molecular formula is C30H35FN6O2. The Morgan fingerprint density at radius 2 is 1.77 bits per heavy atom. The number of hydrogen-bond donors (Lipinski definition) is 2. The molecule has 1 saturated carbocycles. The Bertz CT molecular complexity index is 1250. The molecule has 5 rings (SSSR count). The summed E-state index contributed by atoms with van der Waals surface area (Å²) in [5.74, 6) is -0.107. The van der Waals surface area contributed by atoms with Crippen LogP contribution in [0.4, 0.5) is 4.39 Å². The van der Waals surface area contributed by atoms with Gasteiger partial charge in [0.25, 0.3) is 5.91 Å². The van der Waals surface area contributed by atoms with E-state index in [1.165, 1.54) is 12.1 Å². The third kappa shape index (κ3) is 7.04. The van der Waals surface area contributed by atoms with E-state index in [1.54, 1.807) is 18.3 Å². The van der Waals surface area contributed by atoms with E-state index in [0.29, 0.717) is 37.0 Å². The number of nitrogens with zero attached hydrogens (tertiary/aromatic N) is 4. The summed E-state index contributed by atoms with van der Waals surface area (Å²) in [5.41, 5.74) is 3.25. The number of piperazine rings is 1. The van der Waals surface area contributed by atoms with Crippen molar-refractivity contribution in [3.05, 3.63) is 83.8 Å². The molecule has 2 N–H and O–H groups in total. The number of carbonyl (C=O) groups is 2. The van der Waals surface area contributed by atoms with Crippen molar-refractivity contribution in [2.24, 2.45) is 0 Å². The number of nitrogens with one attached hydrogen (secondary N) is 2. The zero-order valence-corrected chi connectivity index (χ0v) is 22.2. The Kier molecular flexibility index (Phi) is 8.58. The van der Waals surface area contributed by atoms with Crippen LogP contribution in [0.25, 0.3) is 11.3 Å². The standard InChI is InChI=1S/C30H35FN6O2/c1-36-16-18-37(19-17-36)30(39)27(5-2-14-32-28-20-25(28)21-10-12-24(31)13-11-21)34-29(38)23-8-6-22(7-9-23)26-4-3-15-33-35-26/h3-4,6-13,15,25,27-28,32H,2,5,14,16-20H2,1H3,(H,34,38)/t25-,27-,28+/m0/s1. The van der Waals surface area contributed by atoms with Crippen molar-refractivity contribution in [1.29, 1.82) is 0 Å². The molecule has 9 heteroatoms. The molecule has 39 heavy (non-hydrogen) atoms. The van der Waals surface area contributed by atoms with Crippen LogP contribution in [0.1, 0.15) is 41.1 Å². The van der Waals surface area contributed by atoms with Crippen LogP contribution in [-0.2, 0) is 4.79 Å². The van der Waals surface area contributed by atoms with Crippen molar-refractivity contribution in [2.45, 2.75) is 37.3 Å². The van der Waals surface area contributed by atoms with Crippen LogP contribution in [0.3, 0.4) is 0 Å². The second kappa shape index (κ2) is 12.4. The van der Waals surface area contributed by atoms with Crippen molar-refractivity contribution < 1.29 is 14.0 Å². The van der Waals surface area contributed by atoms with Gasteiger partial charge in [-0.1, -0.05) is 24.3 Å². The molecule has 1 aliphatic carbocycles. The van der Waals surface area contributed by atoms with Gasteiger partial charge in [-0.25, -0.2) is 4.39 Å². The van der Waals surface area contributed by atoms with Gasteiger partial charge in [0.05, 0.1) is 5.69 Å². The number of benzene rings is 2. The minimum absolute atomic E-state index is 0.0248. The quantitative estimate of drug-likeness (QED) is 0.392. The predicted octanol–water partition coefficient (Wildman–Crippen LogP) is 3.08. The first-order chi connectivity index (χ1) is 19.0. The Labute approximate surface area is 228 Å². The monoisotopic (exact) mass is 530 g/mol. The van der Waals surface area contributed by atoms with Gasteiger partial charge < -0.3 is 20.4 Å². The lowest BCUT2D eigenvalue weighted by Gasteiger charge is -2.34. The minimum Gasteiger partial charge on any atom is -0.340 e. The first-order valence-corrected chi connectivity index (χ1v) is 13.6. The number of halogens is 1. The number of carbonyl (C=O) groups excluding carboxylic acids is 2. The highest BCUT2D eigenvalue weighted by molar-refractivity contribution is 5.97. The van der Waals surface area contributed by atoms with E-state index < -0.39 is 6.04 Å². The molecule has 1 aromatic heterocycles. The number of rotatable bonds is 10. The van der Waals surface area contributed by atoms with Gasteiger partial charge in [0.1, 0.15) is 11.9 Å². The molecule has 0 bridgehead atoms. The summed E-state index contributed by atoms with van der Waals surface area (Å²) < 4.78 is 13.2. The van der Waals surface area contributed by atoms with Gasteiger partial charge in [-0.15, -0.1) is 0 Å². The number of amides is 2. The maximum Gasteiger partial charge on any atom is 0.251 e. The first kappa shape index (κ1) is 26.9. The molecule has 8 nitrogen and oxygen atoms in total. The highest BCUT2D eigenvalue weighted by Gasteiger charge is 2.37. The van der Waals surface area contributed by atoms with E-state index in [9.17, 15) is 14.0 Å². The van der Waals surface area contributed by atoms with E-state index in [2.05, 4.69) is 32.8 Å². The molecular weight excluding hydrogens is 495 g/mol. The minimum atomic E-state index is -0.588. The first-order valence-electron chi connectivity index (χ1n) is 13.6. The number of aromatic nitrogens is 2. The van der Waals surface area contributed by atoms with Crippen LogP contribution < -0.4 is 10.6 Å². The summed E-state index contributed by atoms with van der Waals surface area (Å²) in [6.45, 7) is 3.72. The molecule has 2 amide bonds. The van der Waals surface area contributed by atoms with Crippen molar-refractivity contribution in [2.75, 3.05) is 39.8 Å². The van der Waals surface area contributed by atoms with Crippen molar-refractivity contribution in [1.82, 2.24) is 30.6 Å². The van der Waals surface area contributed by atoms with E-state index in [4.69, 9.17) is 0 Å². The van der Waals surface area contributed by atoms with Gasteiger partial charge in [0, 0.05) is 55.5 Å². The second-order valence-corrected chi connectivity index (χ2v) is 10.4. The summed E-state index contributed by atoms with van der Waals surface area (Å²) in [6.07, 6.45) is 3.95. The van der Waals surface area contributed by atoms with Gasteiger partial charge in [-0.05, 0) is 74.8 Å². The van der Waals surface area contributed by atoms with Gasteiger partial charge >= 0.3 is 0 Å². The average Bonchev–Trinajstić information content (AvgIpc) is 3.75. The Morgan fingerprint density at radius 1 is 1.03 bits per heavy atom. The maximum atomic E-state index is 13.4. The van der Waals surface area contributed by atoms with Gasteiger partial charge in [0.15, 0.2) is 0 Å². The summed E-state index contributed by atoms with van der Waals surface area (Å²) in [6, 6.07) is 17.4. The normalized spacial score (nSPS) is 19.9. The molecule has 0 spiro atoms. The third-order valence-corrected chi connectivity index (χ3v) is 7.60. The number of hydrogen-bond acceptors (Lipinski definition) is 6. The van der Waals surface area contributed by atoms with Gasteiger partial charge in [-0.3, -0.25) is 9.59 Å². The molecule has 204 valence electrons. The van der Waals surface area contributed by atoms with Crippen molar-refractivity contribution in [3.8, 4) is 11.3 Å². The topological polar surface area (TPSA) is 90.5 Å². The lowest BCUT2D eigenvalue weighted by Crippen LogP contribution is -2.54. The molecule has 2 fully saturated rings. The fraction of sp³-hybridized carbons (Fsp3) is 0.400. The molecule has 3 aromatic rings. The van der Waals surface area contributed by atoms with Crippen LogP contribution in [0.2, 0.25) is 0 Å². The van der Waals surface area contributed by atoms with Crippen LogP contribution >= 0.6 is 0 Å². The molecule has 2 heterocycles. The van der Waals surface area contributed by atoms with E-state index >= 15 is 0 Å². The molecule has 1 aliphatic heterocycles. The van der Waals surface area contributed by atoms with Gasteiger partial charge in [-0.2, -0.15) is 10.2 Å². The van der Waals surface area contributed by atoms with Gasteiger partial charge in [0.2, 0.25) is 5.91 Å². The summed E-state index contributed by atoms with van der Waals surface area (Å²) >= 11 is 0. The lowest BCUT2D eigenvalue weighted by molar-refractivity contribution is -0.135. The Morgan fingerprint density at radius 3 is 2.46 bits per heavy atom. The van der Waals surface area contributed by atoms with Crippen LogP contribution in [0.5, 0.6) is 0 Å². The molecule has 3 atom stereocenters. The highest BCUT2D eigenvalue weighted by atomic mass is 19.1. The molecule has 0 unspecified atom stereocenters. The van der Waals surface area contributed by atoms with Crippen LogP contribution in [-0.4, -0.2) is 83.7 Å². The number of likely N-dealkylation sites (N-methyl/N-ethyl adjacent to an activating group) is 1. The molecule has 2 aliphatic rings. The Hall–Kier alpha value is -3.69. The molecule has 1 saturated heterocycles. The second-order valence-electron chi connectivity index (χ2n) is 10.4.